The van der Waals surface area contributed by atoms with Gasteiger partial charge in [0, 0.05) is 42.3 Å². The maximum absolute atomic E-state index is 12.2. The Morgan fingerprint density at radius 3 is 2.48 bits per heavy atom. The van der Waals surface area contributed by atoms with Gasteiger partial charge in [0.25, 0.3) is 11.8 Å². The fourth-order valence-corrected chi connectivity index (χ4v) is 2.24. The first-order chi connectivity index (χ1) is 12.1. The van der Waals surface area contributed by atoms with Crippen molar-refractivity contribution in [2.24, 2.45) is 0 Å². The van der Waals surface area contributed by atoms with E-state index in [1.54, 1.807) is 48.5 Å². The molecule has 2 aromatic carbocycles. The summed E-state index contributed by atoms with van der Waals surface area (Å²) in [6, 6.07) is 13.5. The Kier molecular flexibility index (Phi) is 6.98. The van der Waals surface area contributed by atoms with Crippen LogP contribution in [-0.4, -0.2) is 31.6 Å². The van der Waals surface area contributed by atoms with Crippen LogP contribution in [-0.2, 0) is 4.74 Å². The van der Waals surface area contributed by atoms with E-state index in [2.05, 4.69) is 10.6 Å². The molecule has 0 saturated carbocycles. The van der Waals surface area contributed by atoms with Crippen LogP contribution in [0.25, 0.3) is 0 Å². The molecule has 0 fully saturated rings. The van der Waals surface area contributed by atoms with Crippen LogP contribution in [0.2, 0.25) is 0 Å². The molecule has 6 heteroatoms. The van der Waals surface area contributed by atoms with E-state index in [0.29, 0.717) is 42.3 Å². The number of amides is 2. The largest absolute Gasteiger partial charge is 0.399 e. The standard InChI is InChI=1S/C19H23N3O3/c1-2-25-11-5-10-21-18(23)15-7-4-9-17(13-15)22-19(24)14-6-3-8-16(20)12-14/h3-4,6-9,12-13H,2,5,10-11,20H2,1H3,(H,21,23)(H,22,24). The molecule has 0 aliphatic heterocycles. The number of nitrogens with one attached hydrogen (secondary N) is 2. The monoisotopic (exact) mass is 341 g/mol. The number of rotatable bonds is 8. The lowest BCUT2D eigenvalue weighted by atomic mass is 10.1. The highest BCUT2D eigenvalue weighted by molar-refractivity contribution is 6.05. The maximum Gasteiger partial charge on any atom is 0.255 e. The SMILES string of the molecule is CCOCCCNC(=O)c1cccc(NC(=O)c2cccc(N)c2)c1. The third kappa shape index (κ3) is 5.93. The van der Waals surface area contributed by atoms with Gasteiger partial charge in [-0.1, -0.05) is 12.1 Å². The zero-order valence-electron chi connectivity index (χ0n) is 14.2. The summed E-state index contributed by atoms with van der Waals surface area (Å²) >= 11 is 0. The molecule has 132 valence electrons. The number of benzene rings is 2. The van der Waals surface area contributed by atoms with Gasteiger partial charge in [-0.05, 0) is 49.7 Å². The highest BCUT2D eigenvalue weighted by Crippen LogP contribution is 2.14. The van der Waals surface area contributed by atoms with E-state index in [-0.39, 0.29) is 11.8 Å². The van der Waals surface area contributed by atoms with Crippen molar-refractivity contribution < 1.29 is 14.3 Å². The van der Waals surface area contributed by atoms with Gasteiger partial charge in [0.15, 0.2) is 0 Å². The molecule has 0 radical (unpaired) electrons. The maximum atomic E-state index is 12.2. The summed E-state index contributed by atoms with van der Waals surface area (Å²) in [7, 11) is 0. The van der Waals surface area contributed by atoms with E-state index >= 15 is 0 Å². The molecular weight excluding hydrogens is 318 g/mol. The van der Waals surface area contributed by atoms with E-state index in [9.17, 15) is 9.59 Å². The Bertz CT molecular complexity index is 731. The zero-order valence-corrected chi connectivity index (χ0v) is 14.2. The average molecular weight is 341 g/mol. The van der Waals surface area contributed by atoms with Crippen molar-refractivity contribution in [3.63, 3.8) is 0 Å². The van der Waals surface area contributed by atoms with E-state index in [1.807, 2.05) is 6.92 Å². The van der Waals surface area contributed by atoms with Crippen LogP contribution >= 0.6 is 0 Å². The molecule has 0 atom stereocenters. The lowest BCUT2D eigenvalue weighted by Crippen LogP contribution is -2.25. The van der Waals surface area contributed by atoms with E-state index < -0.39 is 0 Å². The quantitative estimate of drug-likeness (QED) is 0.508. The third-order valence-corrected chi connectivity index (χ3v) is 3.49. The van der Waals surface area contributed by atoms with Gasteiger partial charge in [0.1, 0.15) is 0 Å². The van der Waals surface area contributed by atoms with Crippen LogP contribution in [0, 0.1) is 0 Å². The van der Waals surface area contributed by atoms with Crippen molar-refractivity contribution in [1.82, 2.24) is 5.32 Å². The highest BCUT2D eigenvalue weighted by Gasteiger charge is 2.09. The summed E-state index contributed by atoms with van der Waals surface area (Å²) in [5.41, 5.74) is 7.71. The second-order valence-electron chi connectivity index (χ2n) is 5.47. The summed E-state index contributed by atoms with van der Waals surface area (Å²) in [4.78, 5) is 24.4. The molecule has 2 aromatic rings. The van der Waals surface area contributed by atoms with Crippen LogP contribution in [0.15, 0.2) is 48.5 Å². The van der Waals surface area contributed by atoms with Gasteiger partial charge in [-0.15, -0.1) is 0 Å². The molecule has 0 aliphatic carbocycles. The summed E-state index contributed by atoms with van der Waals surface area (Å²) in [6.07, 6.45) is 0.755. The molecule has 0 unspecified atom stereocenters. The Balaban J connectivity index is 1.94. The highest BCUT2D eigenvalue weighted by atomic mass is 16.5. The number of anilines is 2. The van der Waals surface area contributed by atoms with Crippen LogP contribution in [0.4, 0.5) is 11.4 Å². The lowest BCUT2D eigenvalue weighted by molar-refractivity contribution is 0.0943. The van der Waals surface area contributed by atoms with E-state index in [1.165, 1.54) is 0 Å². The molecule has 0 aromatic heterocycles. The van der Waals surface area contributed by atoms with Crippen molar-refractivity contribution in [2.75, 3.05) is 30.8 Å². The number of carbonyl (C=O) groups is 2. The number of carbonyl (C=O) groups excluding carboxylic acids is 2. The minimum atomic E-state index is -0.276. The van der Waals surface area contributed by atoms with Crippen molar-refractivity contribution in [2.45, 2.75) is 13.3 Å². The Labute approximate surface area is 147 Å². The van der Waals surface area contributed by atoms with Crippen LogP contribution in [0.1, 0.15) is 34.1 Å². The van der Waals surface area contributed by atoms with Gasteiger partial charge in [-0.2, -0.15) is 0 Å². The number of hydrogen-bond acceptors (Lipinski definition) is 4. The molecule has 2 rings (SSSR count). The van der Waals surface area contributed by atoms with Crippen molar-refractivity contribution in [3.8, 4) is 0 Å². The van der Waals surface area contributed by atoms with Gasteiger partial charge in [0.2, 0.25) is 0 Å². The molecule has 0 saturated heterocycles. The second-order valence-corrected chi connectivity index (χ2v) is 5.47. The van der Waals surface area contributed by atoms with E-state index in [0.717, 1.165) is 6.42 Å². The minimum Gasteiger partial charge on any atom is -0.399 e. The van der Waals surface area contributed by atoms with Crippen molar-refractivity contribution in [3.05, 3.63) is 59.7 Å². The summed E-state index contributed by atoms with van der Waals surface area (Å²) in [6.45, 7) is 3.76. The van der Waals surface area contributed by atoms with Gasteiger partial charge in [-0.3, -0.25) is 9.59 Å². The normalized spacial score (nSPS) is 10.3. The van der Waals surface area contributed by atoms with Gasteiger partial charge in [-0.25, -0.2) is 0 Å². The van der Waals surface area contributed by atoms with Crippen LogP contribution < -0.4 is 16.4 Å². The smallest absolute Gasteiger partial charge is 0.255 e. The Hall–Kier alpha value is -2.86. The number of ether oxygens (including phenoxy) is 1. The third-order valence-electron chi connectivity index (χ3n) is 3.49. The molecule has 0 heterocycles. The minimum absolute atomic E-state index is 0.184. The number of nitrogen functional groups attached to an aromatic ring is 1. The van der Waals surface area contributed by atoms with Gasteiger partial charge >= 0.3 is 0 Å². The molecule has 0 bridgehead atoms. The number of nitrogens with two attached hydrogens (primary N) is 1. The van der Waals surface area contributed by atoms with E-state index in [4.69, 9.17) is 10.5 Å². The molecule has 25 heavy (non-hydrogen) atoms. The molecular formula is C19H23N3O3. The molecule has 0 spiro atoms. The first kappa shape index (κ1) is 18.5. The second kappa shape index (κ2) is 9.44. The number of hydrogen-bond donors (Lipinski definition) is 3. The fourth-order valence-electron chi connectivity index (χ4n) is 2.24. The van der Waals surface area contributed by atoms with Crippen molar-refractivity contribution in [1.29, 1.82) is 0 Å². The molecule has 6 nitrogen and oxygen atoms in total. The topological polar surface area (TPSA) is 93.5 Å². The first-order valence-corrected chi connectivity index (χ1v) is 8.23. The Morgan fingerprint density at radius 2 is 1.76 bits per heavy atom. The first-order valence-electron chi connectivity index (χ1n) is 8.23. The van der Waals surface area contributed by atoms with Crippen LogP contribution in [0.5, 0.6) is 0 Å². The molecule has 2 amide bonds. The van der Waals surface area contributed by atoms with Gasteiger partial charge < -0.3 is 21.1 Å². The summed E-state index contributed by atoms with van der Waals surface area (Å²) in [5.74, 6) is -0.460. The fraction of sp³-hybridized carbons (Fsp3) is 0.263. The average Bonchev–Trinajstić information content (AvgIpc) is 2.61. The zero-order chi connectivity index (χ0) is 18.1. The van der Waals surface area contributed by atoms with Crippen LogP contribution in [0.3, 0.4) is 0 Å². The van der Waals surface area contributed by atoms with Crippen molar-refractivity contribution >= 4 is 23.2 Å². The van der Waals surface area contributed by atoms with Gasteiger partial charge in [0.05, 0.1) is 0 Å². The molecule has 4 N–H and O–H groups in total. The summed E-state index contributed by atoms with van der Waals surface area (Å²) < 4.78 is 5.23. The predicted octanol–water partition coefficient (Wildman–Crippen LogP) is 2.68. The Morgan fingerprint density at radius 1 is 1.04 bits per heavy atom. The summed E-state index contributed by atoms with van der Waals surface area (Å²) in [5, 5.41) is 5.60. The lowest BCUT2D eigenvalue weighted by Gasteiger charge is -2.09. The molecule has 0 aliphatic rings. The predicted molar refractivity (Wildman–Crippen MR) is 98.7 cm³/mol.